The van der Waals surface area contributed by atoms with Crippen molar-refractivity contribution in [2.75, 3.05) is 13.1 Å². The lowest BCUT2D eigenvalue weighted by molar-refractivity contribution is 0.0679. The van der Waals surface area contributed by atoms with Crippen LogP contribution in [0.3, 0.4) is 0 Å². The van der Waals surface area contributed by atoms with Crippen molar-refractivity contribution >= 4 is 28.5 Å². The summed E-state index contributed by atoms with van der Waals surface area (Å²) in [5, 5.41) is 9.29. The zero-order chi connectivity index (χ0) is 28.2. The second-order valence-corrected chi connectivity index (χ2v) is 11.7. The molecule has 2 heterocycles. The number of oxazole rings is 1. The number of nitrogens with zero attached hydrogens (tertiary/aromatic N) is 2. The first-order chi connectivity index (χ1) is 19.1. The van der Waals surface area contributed by atoms with Gasteiger partial charge in [0.25, 0.3) is 5.91 Å². The second-order valence-electron chi connectivity index (χ2n) is 11.7. The lowest BCUT2D eigenvalue weighted by atomic mass is 9.58. The molecule has 40 heavy (non-hydrogen) atoms. The Morgan fingerprint density at radius 2 is 1.73 bits per heavy atom. The highest BCUT2D eigenvalue weighted by atomic mass is 16.4. The first kappa shape index (κ1) is 25.8. The van der Waals surface area contributed by atoms with Gasteiger partial charge in [0.15, 0.2) is 5.58 Å². The van der Waals surface area contributed by atoms with E-state index in [0.717, 1.165) is 23.1 Å². The van der Waals surface area contributed by atoms with E-state index in [1.807, 2.05) is 66.4 Å². The SMILES string of the molecule is Cc1ccc2oc(-c3ccccc3C(=O)N3CC=C4C(C)(C)C(c5ccc(C(=O)O)cc5)=CC[C@]4(C)C3)nc2c1. The Kier molecular flexibility index (Phi) is 6.02. The summed E-state index contributed by atoms with van der Waals surface area (Å²) in [5.74, 6) is -0.518. The van der Waals surface area contributed by atoms with Crippen LogP contribution in [0.25, 0.3) is 28.1 Å². The Morgan fingerprint density at radius 3 is 2.48 bits per heavy atom. The van der Waals surface area contributed by atoms with Gasteiger partial charge in [-0.2, -0.15) is 0 Å². The molecule has 0 fully saturated rings. The molecule has 1 aromatic heterocycles. The van der Waals surface area contributed by atoms with E-state index in [1.54, 1.807) is 12.1 Å². The molecule has 0 spiro atoms. The summed E-state index contributed by atoms with van der Waals surface area (Å²) >= 11 is 0. The topological polar surface area (TPSA) is 83.6 Å². The Hall–Kier alpha value is -4.45. The highest BCUT2D eigenvalue weighted by Gasteiger charge is 2.46. The quantitative estimate of drug-likeness (QED) is 0.277. The number of carboxylic acids is 1. The Morgan fingerprint density at radius 1 is 0.975 bits per heavy atom. The number of amides is 1. The fraction of sp³-hybridized carbons (Fsp3) is 0.265. The van der Waals surface area contributed by atoms with Crippen molar-refractivity contribution < 1.29 is 19.1 Å². The first-order valence-electron chi connectivity index (χ1n) is 13.6. The van der Waals surface area contributed by atoms with Crippen LogP contribution in [0.5, 0.6) is 0 Å². The van der Waals surface area contributed by atoms with Crippen molar-refractivity contribution in [2.24, 2.45) is 10.8 Å². The number of rotatable bonds is 4. The average Bonchev–Trinajstić information content (AvgIpc) is 3.35. The van der Waals surface area contributed by atoms with Gasteiger partial charge in [-0.3, -0.25) is 4.79 Å². The van der Waals surface area contributed by atoms with Crippen molar-refractivity contribution in [3.8, 4) is 11.5 Å². The van der Waals surface area contributed by atoms with E-state index in [4.69, 9.17) is 9.40 Å². The molecule has 202 valence electrons. The standard InChI is InChI=1S/C34H32N2O4/c1-21-9-14-28-27(19-21)35-30(40-28)24-7-5-6-8-25(24)31(37)36-18-16-29-33(2,3)26(15-17-34(29,4)20-36)22-10-12-23(13-11-22)32(38)39/h5-16,19H,17-18,20H2,1-4H3,(H,38,39)/t34-/m1/s1. The number of carboxylic acid groups (broad SMARTS) is 1. The summed E-state index contributed by atoms with van der Waals surface area (Å²) in [5.41, 5.74) is 7.18. The van der Waals surface area contributed by atoms with Crippen molar-refractivity contribution in [1.82, 2.24) is 9.88 Å². The number of hydrogen-bond acceptors (Lipinski definition) is 4. The van der Waals surface area contributed by atoms with E-state index >= 15 is 0 Å². The zero-order valence-electron chi connectivity index (χ0n) is 23.2. The van der Waals surface area contributed by atoms with E-state index in [-0.39, 0.29) is 22.3 Å². The lowest BCUT2D eigenvalue weighted by Gasteiger charge is -2.50. The molecule has 0 bridgehead atoms. The van der Waals surface area contributed by atoms with Crippen molar-refractivity contribution in [2.45, 2.75) is 34.1 Å². The molecule has 0 saturated heterocycles. The van der Waals surface area contributed by atoms with Crippen LogP contribution in [0.2, 0.25) is 0 Å². The molecule has 6 heteroatoms. The smallest absolute Gasteiger partial charge is 0.335 e. The molecule has 6 nitrogen and oxygen atoms in total. The number of hydrogen-bond donors (Lipinski definition) is 1. The highest BCUT2D eigenvalue weighted by Crippen LogP contribution is 2.55. The molecule has 3 aromatic carbocycles. The molecule has 0 saturated carbocycles. The third-order valence-electron chi connectivity index (χ3n) is 8.47. The second kappa shape index (κ2) is 9.33. The van der Waals surface area contributed by atoms with Crippen molar-refractivity contribution in [3.05, 3.63) is 107 Å². The number of allylic oxidation sites excluding steroid dienone is 2. The molecular formula is C34H32N2O4. The molecule has 6 rings (SSSR count). The van der Waals surface area contributed by atoms with Crippen LogP contribution < -0.4 is 0 Å². The monoisotopic (exact) mass is 532 g/mol. The van der Waals surface area contributed by atoms with Gasteiger partial charge >= 0.3 is 5.97 Å². The van der Waals surface area contributed by atoms with E-state index in [0.29, 0.717) is 35.7 Å². The van der Waals surface area contributed by atoms with Gasteiger partial charge in [0.1, 0.15) is 5.52 Å². The van der Waals surface area contributed by atoms with Gasteiger partial charge in [0, 0.05) is 29.5 Å². The Labute approximate surface area is 233 Å². The van der Waals surface area contributed by atoms with Crippen LogP contribution in [0.1, 0.15) is 59.0 Å². The Bertz CT molecular complexity index is 1720. The number of benzene rings is 3. The number of carbonyl (C=O) groups excluding carboxylic acids is 1. The highest BCUT2D eigenvalue weighted by molar-refractivity contribution is 6.00. The molecule has 2 aliphatic rings. The third kappa shape index (κ3) is 4.24. The van der Waals surface area contributed by atoms with Crippen molar-refractivity contribution in [1.29, 1.82) is 0 Å². The summed E-state index contributed by atoms with van der Waals surface area (Å²) in [6, 6.07) is 20.5. The minimum absolute atomic E-state index is 0.0394. The number of carbonyl (C=O) groups is 2. The number of aromatic nitrogens is 1. The largest absolute Gasteiger partial charge is 0.478 e. The summed E-state index contributed by atoms with van der Waals surface area (Å²) in [4.78, 5) is 31.9. The normalized spacial score (nSPS) is 20.1. The predicted octanol–water partition coefficient (Wildman–Crippen LogP) is 7.40. The number of aryl methyl sites for hydroxylation is 1. The van der Waals surface area contributed by atoms with E-state index in [1.165, 1.54) is 11.1 Å². The maximum atomic E-state index is 14.0. The summed E-state index contributed by atoms with van der Waals surface area (Å²) < 4.78 is 6.06. The minimum atomic E-state index is -0.927. The van der Waals surface area contributed by atoms with Crippen molar-refractivity contribution in [3.63, 3.8) is 0 Å². The average molecular weight is 533 g/mol. The lowest BCUT2D eigenvalue weighted by Crippen LogP contribution is -2.48. The summed E-state index contributed by atoms with van der Waals surface area (Å²) in [7, 11) is 0. The van der Waals surface area contributed by atoms with Gasteiger partial charge in [0.05, 0.1) is 11.1 Å². The third-order valence-corrected chi connectivity index (χ3v) is 8.47. The maximum absolute atomic E-state index is 14.0. The fourth-order valence-electron chi connectivity index (χ4n) is 6.54. The van der Waals surface area contributed by atoms with Gasteiger partial charge in [-0.1, -0.05) is 68.8 Å². The van der Waals surface area contributed by atoms with E-state index in [9.17, 15) is 14.7 Å². The van der Waals surface area contributed by atoms with E-state index < -0.39 is 5.97 Å². The molecular weight excluding hydrogens is 500 g/mol. The number of aromatic carboxylic acids is 1. The summed E-state index contributed by atoms with van der Waals surface area (Å²) in [6.07, 6.45) is 5.26. The fourth-order valence-corrected chi connectivity index (χ4v) is 6.54. The molecule has 4 aromatic rings. The van der Waals surface area contributed by atoms with Crippen LogP contribution in [-0.2, 0) is 0 Å². The van der Waals surface area contributed by atoms with E-state index in [2.05, 4.69) is 32.9 Å². The van der Waals surface area contributed by atoms with Gasteiger partial charge in [-0.05, 0) is 66.4 Å². The molecule has 1 aliphatic carbocycles. The maximum Gasteiger partial charge on any atom is 0.335 e. The van der Waals surface area contributed by atoms with Gasteiger partial charge in [-0.25, -0.2) is 9.78 Å². The molecule has 1 atom stereocenters. The first-order valence-corrected chi connectivity index (χ1v) is 13.6. The predicted molar refractivity (Wildman–Crippen MR) is 156 cm³/mol. The molecule has 1 amide bonds. The van der Waals surface area contributed by atoms with Gasteiger partial charge < -0.3 is 14.4 Å². The van der Waals surface area contributed by atoms with Crippen LogP contribution in [0, 0.1) is 17.8 Å². The molecule has 1 aliphatic heterocycles. The molecule has 0 radical (unpaired) electrons. The Balaban J connectivity index is 1.30. The minimum Gasteiger partial charge on any atom is -0.478 e. The van der Waals surface area contributed by atoms with Crippen LogP contribution in [0.4, 0.5) is 0 Å². The van der Waals surface area contributed by atoms with Crippen LogP contribution in [0.15, 0.2) is 88.9 Å². The van der Waals surface area contributed by atoms with Crippen LogP contribution in [-0.4, -0.2) is 40.0 Å². The summed E-state index contributed by atoms with van der Waals surface area (Å²) in [6.45, 7) is 9.80. The molecule has 1 N–H and O–H groups in total. The number of fused-ring (bicyclic) bond motifs is 2. The zero-order valence-corrected chi connectivity index (χ0v) is 23.2. The molecule has 0 unspecified atom stereocenters. The van der Waals surface area contributed by atoms with Crippen LogP contribution >= 0.6 is 0 Å². The van der Waals surface area contributed by atoms with Gasteiger partial charge in [0.2, 0.25) is 5.89 Å². The van der Waals surface area contributed by atoms with Gasteiger partial charge in [-0.15, -0.1) is 0 Å².